The molecule has 6 heteroatoms. The van der Waals surface area contributed by atoms with Gasteiger partial charge in [-0.15, -0.1) is 0 Å². The molecule has 0 aromatic carbocycles. The largest absolute Gasteiger partial charge is 0.505 e. The van der Waals surface area contributed by atoms with Crippen LogP contribution in [0.5, 0.6) is 5.75 Å². The highest BCUT2D eigenvalue weighted by molar-refractivity contribution is 5.96. The van der Waals surface area contributed by atoms with Crippen molar-refractivity contribution in [3.8, 4) is 5.75 Å². The Hall–Kier alpha value is -2.11. The van der Waals surface area contributed by atoms with Gasteiger partial charge in [0.15, 0.2) is 5.69 Å². The molecule has 0 saturated heterocycles. The number of aromatic hydroxyl groups is 1. The van der Waals surface area contributed by atoms with Crippen LogP contribution in [0.15, 0.2) is 18.3 Å². The lowest BCUT2D eigenvalue weighted by Crippen LogP contribution is -2.41. The van der Waals surface area contributed by atoms with Gasteiger partial charge in [-0.05, 0) is 26.0 Å². The standard InChI is InChI=1S/C12H17N3O3/c1-8(2)14-10(17)7-15(3)12(18)11-9(16)5-4-6-13-11/h4-6,8,16H,7H2,1-3H3,(H,14,17). The molecule has 2 amide bonds. The summed E-state index contributed by atoms with van der Waals surface area (Å²) in [6.45, 7) is 3.60. The Labute approximate surface area is 106 Å². The SMILES string of the molecule is CC(C)NC(=O)CN(C)C(=O)c1ncccc1O. The van der Waals surface area contributed by atoms with E-state index in [1.165, 1.54) is 30.3 Å². The molecule has 0 spiro atoms. The lowest BCUT2D eigenvalue weighted by Gasteiger charge is -2.17. The monoisotopic (exact) mass is 251 g/mol. The number of amides is 2. The Morgan fingerprint density at radius 1 is 1.50 bits per heavy atom. The summed E-state index contributed by atoms with van der Waals surface area (Å²) in [5.41, 5.74) is -0.0580. The smallest absolute Gasteiger partial charge is 0.276 e. The number of likely N-dealkylation sites (N-methyl/N-ethyl adjacent to an activating group) is 1. The van der Waals surface area contributed by atoms with Crippen LogP contribution in [-0.4, -0.2) is 46.4 Å². The summed E-state index contributed by atoms with van der Waals surface area (Å²) >= 11 is 0. The molecule has 0 fully saturated rings. The van der Waals surface area contributed by atoms with Crippen LogP contribution in [-0.2, 0) is 4.79 Å². The summed E-state index contributed by atoms with van der Waals surface area (Å²) in [4.78, 5) is 28.4. The van der Waals surface area contributed by atoms with Gasteiger partial charge in [0.2, 0.25) is 5.91 Å². The Morgan fingerprint density at radius 3 is 2.72 bits per heavy atom. The molecule has 1 aromatic rings. The van der Waals surface area contributed by atoms with Crippen molar-refractivity contribution in [1.29, 1.82) is 0 Å². The number of rotatable bonds is 4. The van der Waals surface area contributed by atoms with Gasteiger partial charge in [0.05, 0.1) is 6.54 Å². The van der Waals surface area contributed by atoms with Gasteiger partial charge in [-0.2, -0.15) is 0 Å². The topological polar surface area (TPSA) is 82.5 Å². The van der Waals surface area contributed by atoms with E-state index in [0.717, 1.165) is 0 Å². The molecule has 0 bridgehead atoms. The first-order valence-corrected chi connectivity index (χ1v) is 5.60. The van der Waals surface area contributed by atoms with E-state index < -0.39 is 5.91 Å². The van der Waals surface area contributed by atoms with Crippen LogP contribution in [0.1, 0.15) is 24.3 Å². The van der Waals surface area contributed by atoms with Crippen molar-refractivity contribution in [2.24, 2.45) is 0 Å². The fourth-order valence-electron chi connectivity index (χ4n) is 1.40. The molecule has 1 heterocycles. The number of hydrogen-bond donors (Lipinski definition) is 2. The molecule has 0 atom stereocenters. The normalized spacial score (nSPS) is 10.2. The van der Waals surface area contributed by atoms with E-state index in [-0.39, 0.29) is 29.9 Å². The highest BCUT2D eigenvalue weighted by Crippen LogP contribution is 2.14. The second-order valence-corrected chi connectivity index (χ2v) is 4.25. The van der Waals surface area contributed by atoms with Gasteiger partial charge in [-0.3, -0.25) is 9.59 Å². The molecule has 0 aliphatic heterocycles. The maximum Gasteiger partial charge on any atom is 0.276 e. The predicted molar refractivity (Wildman–Crippen MR) is 66.1 cm³/mol. The van der Waals surface area contributed by atoms with Gasteiger partial charge in [-0.25, -0.2) is 4.98 Å². The number of pyridine rings is 1. The van der Waals surface area contributed by atoms with Crippen LogP contribution in [0.2, 0.25) is 0 Å². The number of nitrogens with one attached hydrogen (secondary N) is 1. The zero-order valence-corrected chi connectivity index (χ0v) is 10.7. The lowest BCUT2D eigenvalue weighted by atomic mass is 10.3. The first-order valence-electron chi connectivity index (χ1n) is 5.60. The molecule has 0 aliphatic rings. The minimum absolute atomic E-state index is 0.0178. The van der Waals surface area contributed by atoms with E-state index in [0.29, 0.717) is 0 Å². The number of carbonyl (C=O) groups is 2. The zero-order valence-electron chi connectivity index (χ0n) is 10.7. The number of carbonyl (C=O) groups excluding carboxylic acids is 2. The number of nitrogens with zero attached hydrogens (tertiary/aromatic N) is 2. The Balaban J connectivity index is 2.68. The van der Waals surface area contributed by atoms with Crippen LogP contribution in [0, 0.1) is 0 Å². The summed E-state index contributed by atoms with van der Waals surface area (Å²) in [5, 5.41) is 12.2. The van der Waals surface area contributed by atoms with Crippen molar-refractivity contribution >= 4 is 11.8 Å². The van der Waals surface area contributed by atoms with Crippen molar-refractivity contribution in [2.45, 2.75) is 19.9 Å². The van der Waals surface area contributed by atoms with Gasteiger partial charge in [-0.1, -0.05) is 0 Å². The molecule has 18 heavy (non-hydrogen) atoms. The fraction of sp³-hybridized carbons (Fsp3) is 0.417. The van der Waals surface area contributed by atoms with E-state index in [9.17, 15) is 14.7 Å². The summed E-state index contributed by atoms with van der Waals surface area (Å²) in [6, 6.07) is 2.92. The minimum Gasteiger partial charge on any atom is -0.505 e. The zero-order chi connectivity index (χ0) is 13.7. The highest BCUT2D eigenvalue weighted by atomic mass is 16.3. The average Bonchev–Trinajstić information content (AvgIpc) is 2.27. The van der Waals surface area contributed by atoms with Gasteiger partial charge >= 0.3 is 0 Å². The van der Waals surface area contributed by atoms with Crippen molar-refractivity contribution in [1.82, 2.24) is 15.2 Å². The molecule has 1 rings (SSSR count). The second kappa shape index (κ2) is 6.00. The maximum atomic E-state index is 11.9. The third-order valence-corrected chi connectivity index (χ3v) is 2.17. The summed E-state index contributed by atoms with van der Waals surface area (Å²) in [6.07, 6.45) is 1.41. The molecule has 2 N–H and O–H groups in total. The lowest BCUT2D eigenvalue weighted by molar-refractivity contribution is -0.122. The molecule has 0 saturated carbocycles. The molecule has 0 aliphatic carbocycles. The van der Waals surface area contributed by atoms with Crippen LogP contribution in [0.4, 0.5) is 0 Å². The van der Waals surface area contributed by atoms with Crippen molar-refractivity contribution in [2.75, 3.05) is 13.6 Å². The van der Waals surface area contributed by atoms with E-state index in [2.05, 4.69) is 10.3 Å². The van der Waals surface area contributed by atoms with Crippen LogP contribution in [0.25, 0.3) is 0 Å². The van der Waals surface area contributed by atoms with Gasteiger partial charge in [0.25, 0.3) is 5.91 Å². The van der Waals surface area contributed by atoms with E-state index in [1.807, 2.05) is 13.8 Å². The highest BCUT2D eigenvalue weighted by Gasteiger charge is 2.19. The summed E-state index contributed by atoms with van der Waals surface area (Å²) in [5.74, 6) is -0.943. The predicted octanol–water partition coefficient (Wildman–Crippen LogP) is 0.384. The first kappa shape index (κ1) is 14.0. The van der Waals surface area contributed by atoms with Crippen LogP contribution >= 0.6 is 0 Å². The van der Waals surface area contributed by atoms with E-state index in [1.54, 1.807) is 0 Å². The minimum atomic E-state index is -0.494. The van der Waals surface area contributed by atoms with Gasteiger partial charge in [0, 0.05) is 19.3 Å². The summed E-state index contributed by atoms with van der Waals surface area (Å²) in [7, 11) is 1.48. The number of aromatic nitrogens is 1. The molecule has 98 valence electrons. The van der Waals surface area contributed by atoms with Crippen molar-refractivity contribution < 1.29 is 14.7 Å². The number of hydrogen-bond acceptors (Lipinski definition) is 4. The average molecular weight is 251 g/mol. The summed E-state index contributed by atoms with van der Waals surface area (Å²) < 4.78 is 0. The quantitative estimate of drug-likeness (QED) is 0.810. The maximum absolute atomic E-state index is 11.9. The third kappa shape index (κ3) is 3.73. The fourth-order valence-corrected chi connectivity index (χ4v) is 1.40. The van der Waals surface area contributed by atoms with Crippen molar-refractivity contribution in [3.05, 3.63) is 24.0 Å². The Bertz CT molecular complexity index is 446. The third-order valence-electron chi connectivity index (χ3n) is 2.17. The first-order chi connectivity index (χ1) is 8.41. The van der Waals surface area contributed by atoms with Crippen LogP contribution in [0.3, 0.4) is 0 Å². The molecular weight excluding hydrogens is 234 g/mol. The second-order valence-electron chi connectivity index (χ2n) is 4.25. The molecule has 0 radical (unpaired) electrons. The molecule has 1 aromatic heterocycles. The molecule has 6 nitrogen and oxygen atoms in total. The molecule has 0 unspecified atom stereocenters. The molecular formula is C12H17N3O3. The van der Waals surface area contributed by atoms with Gasteiger partial charge < -0.3 is 15.3 Å². The Kier molecular flexibility index (Phi) is 4.65. The van der Waals surface area contributed by atoms with Gasteiger partial charge in [0.1, 0.15) is 5.75 Å². The van der Waals surface area contributed by atoms with E-state index in [4.69, 9.17) is 0 Å². The van der Waals surface area contributed by atoms with Crippen LogP contribution < -0.4 is 5.32 Å². The van der Waals surface area contributed by atoms with Crippen molar-refractivity contribution in [3.63, 3.8) is 0 Å². The van der Waals surface area contributed by atoms with E-state index >= 15 is 0 Å². The Morgan fingerprint density at radius 2 is 2.17 bits per heavy atom.